The Labute approximate surface area is 165 Å². The SMILES string of the molecule is C=C(CCC(=C)c1c(C)cc2c(c1C)CCCC2)c1ccccc1C(F)(F)F. The van der Waals surface area contributed by atoms with Gasteiger partial charge in [-0.15, -0.1) is 0 Å². The van der Waals surface area contributed by atoms with Gasteiger partial charge in [-0.25, -0.2) is 0 Å². The molecule has 1 aliphatic rings. The second kappa shape index (κ2) is 7.98. The summed E-state index contributed by atoms with van der Waals surface area (Å²) in [5.74, 6) is 0. The second-order valence-corrected chi connectivity index (χ2v) is 7.79. The lowest BCUT2D eigenvalue weighted by Gasteiger charge is -2.24. The van der Waals surface area contributed by atoms with Crippen LogP contribution < -0.4 is 0 Å². The molecule has 0 aromatic heterocycles. The quantitative estimate of drug-likeness (QED) is 0.495. The summed E-state index contributed by atoms with van der Waals surface area (Å²) in [7, 11) is 0. The number of allylic oxidation sites excluding steroid dienone is 2. The van der Waals surface area contributed by atoms with E-state index >= 15 is 0 Å². The maximum absolute atomic E-state index is 13.3. The number of hydrogen-bond donors (Lipinski definition) is 0. The van der Waals surface area contributed by atoms with Gasteiger partial charge in [0.05, 0.1) is 5.56 Å². The molecular weight excluding hydrogens is 357 g/mol. The van der Waals surface area contributed by atoms with E-state index < -0.39 is 11.7 Å². The highest BCUT2D eigenvalue weighted by atomic mass is 19.4. The first-order valence-corrected chi connectivity index (χ1v) is 9.84. The molecule has 3 heteroatoms. The van der Waals surface area contributed by atoms with Gasteiger partial charge in [-0.05, 0) is 103 Å². The van der Waals surface area contributed by atoms with E-state index in [1.54, 1.807) is 6.07 Å². The van der Waals surface area contributed by atoms with Crippen LogP contribution in [0.5, 0.6) is 0 Å². The normalized spacial score (nSPS) is 13.9. The largest absolute Gasteiger partial charge is 0.416 e. The molecule has 0 N–H and O–H groups in total. The maximum atomic E-state index is 13.3. The average molecular weight is 384 g/mol. The summed E-state index contributed by atoms with van der Waals surface area (Å²) in [5.41, 5.74) is 7.61. The zero-order chi connectivity index (χ0) is 20.5. The van der Waals surface area contributed by atoms with E-state index in [4.69, 9.17) is 0 Å². The Morgan fingerprint density at radius 3 is 2.32 bits per heavy atom. The van der Waals surface area contributed by atoms with Gasteiger partial charge in [-0.2, -0.15) is 13.2 Å². The van der Waals surface area contributed by atoms with E-state index in [2.05, 4.69) is 33.1 Å². The highest BCUT2D eigenvalue weighted by Crippen LogP contribution is 2.38. The number of hydrogen-bond acceptors (Lipinski definition) is 0. The fraction of sp³-hybridized carbons (Fsp3) is 0.360. The molecule has 0 bridgehead atoms. The summed E-state index contributed by atoms with van der Waals surface area (Å²) in [5, 5.41) is 0. The zero-order valence-electron chi connectivity index (χ0n) is 16.7. The fourth-order valence-corrected chi connectivity index (χ4v) is 4.44. The van der Waals surface area contributed by atoms with Crippen molar-refractivity contribution in [2.75, 3.05) is 0 Å². The Balaban J connectivity index is 1.80. The summed E-state index contributed by atoms with van der Waals surface area (Å²) >= 11 is 0. The monoisotopic (exact) mass is 384 g/mol. The number of rotatable bonds is 5. The molecule has 0 saturated heterocycles. The van der Waals surface area contributed by atoms with Crippen LogP contribution in [-0.2, 0) is 19.0 Å². The van der Waals surface area contributed by atoms with E-state index in [1.165, 1.54) is 52.8 Å². The minimum absolute atomic E-state index is 0.182. The van der Waals surface area contributed by atoms with E-state index in [0.717, 1.165) is 24.5 Å². The Hall–Kier alpha value is -2.29. The molecule has 0 heterocycles. The topological polar surface area (TPSA) is 0 Å². The molecule has 1 aliphatic carbocycles. The van der Waals surface area contributed by atoms with E-state index in [9.17, 15) is 13.2 Å². The third-order valence-electron chi connectivity index (χ3n) is 5.82. The van der Waals surface area contributed by atoms with Crippen molar-refractivity contribution in [2.45, 2.75) is 58.5 Å². The highest BCUT2D eigenvalue weighted by Gasteiger charge is 2.33. The van der Waals surface area contributed by atoms with Crippen molar-refractivity contribution in [1.82, 2.24) is 0 Å². The van der Waals surface area contributed by atoms with Crippen molar-refractivity contribution in [2.24, 2.45) is 0 Å². The van der Waals surface area contributed by atoms with Gasteiger partial charge < -0.3 is 0 Å². The summed E-state index contributed by atoms with van der Waals surface area (Å²) in [6, 6.07) is 7.94. The van der Waals surface area contributed by atoms with Crippen LogP contribution in [0.1, 0.15) is 64.6 Å². The van der Waals surface area contributed by atoms with Crippen LogP contribution in [0.25, 0.3) is 11.1 Å². The highest BCUT2D eigenvalue weighted by molar-refractivity contribution is 5.74. The van der Waals surface area contributed by atoms with Crippen molar-refractivity contribution in [1.29, 1.82) is 0 Å². The lowest BCUT2D eigenvalue weighted by Crippen LogP contribution is -2.09. The molecule has 0 fully saturated rings. The number of benzene rings is 2. The van der Waals surface area contributed by atoms with Crippen LogP contribution >= 0.6 is 0 Å². The van der Waals surface area contributed by atoms with E-state index in [1.807, 2.05) is 0 Å². The van der Waals surface area contributed by atoms with Crippen molar-refractivity contribution in [3.05, 3.63) is 82.4 Å². The number of aryl methyl sites for hydroxylation is 2. The van der Waals surface area contributed by atoms with Gasteiger partial charge in [0.25, 0.3) is 0 Å². The van der Waals surface area contributed by atoms with Gasteiger partial charge >= 0.3 is 6.18 Å². The molecule has 0 spiro atoms. The van der Waals surface area contributed by atoms with E-state index in [0.29, 0.717) is 18.4 Å². The van der Waals surface area contributed by atoms with Crippen LogP contribution in [0.3, 0.4) is 0 Å². The predicted octanol–water partition coefficient (Wildman–Crippen LogP) is 7.71. The number of alkyl halides is 3. The Kier molecular flexibility index (Phi) is 5.83. The minimum Gasteiger partial charge on any atom is -0.166 e. The predicted molar refractivity (Wildman–Crippen MR) is 111 cm³/mol. The Bertz CT molecular complexity index is 916. The molecule has 2 aromatic rings. The summed E-state index contributed by atoms with van der Waals surface area (Å²) < 4.78 is 39.8. The fourth-order valence-electron chi connectivity index (χ4n) is 4.44. The van der Waals surface area contributed by atoms with Crippen molar-refractivity contribution >= 4 is 11.1 Å². The molecule has 3 rings (SSSR count). The Morgan fingerprint density at radius 2 is 1.61 bits per heavy atom. The van der Waals surface area contributed by atoms with Gasteiger partial charge in [0.1, 0.15) is 0 Å². The summed E-state index contributed by atoms with van der Waals surface area (Å²) in [6.07, 6.45) is 1.39. The van der Waals surface area contributed by atoms with Gasteiger partial charge in [0.2, 0.25) is 0 Å². The third-order valence-corrected chi connectivity index (χ3v) is 5.82. The smallest absolute Gasteiger partial charge is 0.166 e. The molecule has 0 amide bonds. The molecular formula is C25H27F3. The van der Waals surface area contributed by atoms with Crippen LogP contribution in [0.2, 0.25) is 0 Å². The third kappa shape index (κ3) is 4.09. The molecule has 0 nitrogen and oxygen atoms in total. The second-order valence-electron chi connectivity index (χ2n) is 7.79. The number of fused-ring (bicyclic) bond motifs is 1. The molecule has 2 aromatic carbocycles. The zero-order valence-corrected chi connectivity index (χ0v) is 16.7. The van der Waals surface area contributed by atoms with Crippen molar-refractivity contribution in [3.8, 4) is 0 Å². The van der Waals surface area contributed by atoms with Gasteiger partial charge in [0, 0.05) is 0 Å². The molecule has 0 atom stereocenters. The van der Waals surface area contributed by atoms with Crippen molar-refractivity contribution in [3.63, 3.8) is 0 Å². The first-order valence-electron chi connectivity index (χ1n) is 9.84. The average Bonchev–Trinajstić information content (AvgIpc) is 2.65. The summed E-state index contributed by atoms with van der Waals surface area (Å²) in [6.45, 7) is 12.5. The van der Waals surface area contributed by atoms with Crippen LogP contribution in [-0.4, -0.2) is 0 Å². The summed E-state index contributed by atoms with van der Waals surface area (Å²) in [4.78, 5) is 0. The van der Waals surface area contributed by atoms with Crippen LogP contribution in [0.4, 0.5) is 13.2 Å². The maximum Gasteiger partial charge on any atom is 0.416 e. The molecule has 0 saturated carbocycles. The first-order chi connectivity index (χ1) is 13.2. The first kappa shape index (κ1) is 20.4. The van der Waals surface area contributed by atoms with Gasteiger partial charge in [-0.3, -0.25) is 0 Å². The molecule has 148 valence electrons. The van der Waals surface area contributed by atoms with Crippen LogP contribution in [0.15, 0.2) is 43.5 Å². The molecule has 0 aliphatic heterocycles. The van der Waals surface area contributed by atoms with Gasteiger partial charge in [-0.1, -0.05) is 37.4 Å². The standard InChI is InChI=1S/C25H27F3/c1-16(21-10-7-8-12-23(21)25(26,27)28)13-14-17(2)24-18(3)15-20-9-5-6-11-22(20)19(24)4/h7-8,10,12,15H,1-2,5-6,9,11,13-14H2,3-4H3. The lowest BCUT2D eigenvalue weighted by molar-refractivity contribution is -0.137. The Morgan fingerprint density at radius 1 is 0.964 bits per heavy atom. The van der Waals surface area contributed by atoms with Crippen molar-refractivity contribution < 1.29 is 13.2 Å². The van der Waals surface area contributed by atoms with E-state index in [-0.39, 0.29) is 5.56 Å². The number of halogens is 3. The lowest BCUT2D eigenvalue weighted by atomic mass is 9.81. The minimum atomic E-state index is -4.37. The molecule has 0 radical (unpaired) electrons. The van der Waals surface area contributed by atoms with Gasteiger partial charge in [0.15, 0.2) is 0 Å². The molecule has 0 unspecified atom stereocenters. The van der Waals surface area contributed by atoms with Crippen LogP contribution in [0, 0.1) is 13.8 Å². The molecule has 28 heavy (non-hydrogen) atoms.